The number of halogens is 4. The topological polar surface area (TPSA) is 85.9 Å². The van der Waals surface area contributed by atoms with E-state index in [1.54, 1.807) is 11.0 Å². The molecule has 1 amide bonds. The van der Waals surface area contributed by atoms with Gasteiger partial charge in [-0.15, -0.1) is 0 Å². The molecule has 1 N–H and O–H groups in total. The first-order valence-corrected chi connectivity index (χ1v) is 10.5. The lowest BCUT2D eigenvalue weighted by atomic mass is 10.1. The molecule has 2 aromatic rings. The largest absolute Gasteiger partial charge is 0.454 e. The first-order chi connectivity index (χ1) is 15.6. The Morgan fingerprint density at radius 1 is 1.24 bits per heavy atom. The van der Waals surface area contributed by atoms with Gasteiger partial charge in [-0.1, -0.05) is 6.07 Å². The van der Waals surface area contributed by atoms with Crippen molar-refractivity contribution in [2.45, 2.75) is 18.7 Å². The average Bonchev–Trinajstić information content (AvgIpc) is 3.35. The summed E-state index contributed by atoms with van der Waals surface area (Å²) in [6.07, 6.45) is -3.28. The van der Waals surface area contributed by atoms with Crippen molar-refractivity contribution >= 4 is 28.9 Å². The summed E-state index contributed by atoms with van der Waals surface area (Å²) in [5, 5.41) is 18.9. The van der Waals surface area contributed by atoms with Crippen LogP contribution in [-0.2, 0) is 11.0 Å². The molecule has 0 bridgehead atoms. The minimum Gasteiger partial charge on any atom is -0.454 e. The van der Waals surface area contributed by atoms with Gasteiger partial charge in [-0.05, 0) is 60.2 Å². The van der Waals surface area contributed by atoms with Crippen molar-refractivity contribution in [1.29, 1.82) is 5.26 Å². The summed E-state index contributed by atoms with van der Waals surface area (Å²) in [6, 6.07) is 7.93. The van der Waals surface area contributed by atoms with Crippen molar-refractivity contribution in [2.75, 3.05) is 13.1 Å². The number of carbonyl (C=O) groups excluding carboxylic acids is 1. The smallest absolute Gasteiger partial charge is 0.420 e. The van der Waals surface area contributed by atoms with Gasteiger partial charge in [0.15, 0.2) is 16.7 Å². The summed E-state index contributed by atoms with van der Waals surface area (Å²) in [5.41, 5.74) is -1.11. The number of hydrogen-bond donors (Lipinski definition) is 1. The molecule has 33 heavy (non-hydrogen) atoms. The molecule has 1 saturated heterocycles. The summed E-state index contributed by atoms with van der Waals surface area (Å²) in [7, 11) is 0. The highest BCUT2D eigenvalue weighted by atomic mass is 32.2. The standard InChI is InChI=1S/C22H15F4N3O3S/c23-16-8-12(9-19-20(31)28-21(33-19)29-6-5-14(30)11-29)1-4-18(16)32-17-3-2-13(10-27)7-15(17)22(24,25)26/h1-4,7-9,14,30H,5-6,11H2. The van der Waals surface area contributed by atoms with Crippen molar-refractivity contribution in [1.82, 2.24) is 4.90 Å². The van der Waals surface area contributed by atoms with Gasteiger partial charge in [0.1, 0.15) is 5.75 Å². The van der Waals surface area contributed by atoms with Crippen LogP contribution < -0.4 is 4.74 Å². The zero-order valence-electron chi connectivity index (χ0n) is 16.8. The number of thioether (sulfide) groups is 1. The van der Waals surface area contributed by atoms with Gasteiger partial charge >= 0.3 is 6.18 Å². The van der Waals surface area contributed by atoms with E-state index in [1.807, 2.05) is 0 Å². The number of amidine groups is 1. The number of likely N-dealkylation sites (tertiary alicyclic amines) is 1. The van der Waals surface area contributed by atoms with Crippen LogP contribution in [0.4, 0.5) is 17.6 Å². The maximum Gasteiger partial charge on any atom is 0.420 e. The fourth-order valence-corrected chi connectivity index (χ4v) is 4.27. The van der Waals surface area contributed by atoms with Crippen molar-refractivity contribution in [3.8, 4) is 17.6 Å². The van der Waals surface area contributed by atoms with Gasteiger partial charge in [0, 0.05) is 13.1 Å². The lowest BCUT2D eigenvalue weighted by Crippen LogP contribution is -2.26. The number of carbonyl (C=O) groups is 1. The molecule has 0 spiro atoms. The number of aliphatic hydroxyl groups is 1. The number of amides is 1. The van der Waals surface area contributed by atoms with Crippen LogP contribution in [0, 0.1) is 17.1 Å². The molecule has 170 valence electrons. The monoisotopic (exact) mass is 477 g/mol. The quantitative estimate of drug-likeness (QED) is 0.516. The molecule has 6 nitrogen and oxygen atoms in total. The fraction of sp³-hybridized carbons (Fsp3) is 0.227. The number of alkyl halides is 3. The third-order valence-corrected chi connectivity index (χ3v) is 5.98. The highest BCUT2D eigenvalue weighted by Crippen LogP contribution is 2.39. The van der Waals surface area contributed by atoms with Crippen molar-refractivity contribution in [3.63, 3.8) is 0 Å². The Morgan fingerprint density at radius 3 is 2.64 bits per heavy atom. The molecule has 2 heterocycles. The molecule has 1 unspecified atom stereocenters. The summed E-state index contributed by atoms with van der Waals surface area (Å²) in [6.45, 7) is 0.950. The highest BCUT2D eigenvalue weighted by Gasteiger charge is 2.35. The normalized spacial score (nSPS) is 19.7. The summed E-state index contributed by atoms with van der Waals surface area (Å²) in [4.78, 5) is 18.2. The highest BCUT2D eigenvalue weighted by molar-refractivity contribution is 8.18. The molecule has 11 heteroatoms. The van der Waals surface area contributed by atoms with Crippen molar-refractivity contribution in [2.24, 2.45) is 4.99 Å². The van der Waals surface area contributed by atoms with Gasteiger partial charge in [-0.2, -0.15) is 23.4 Å². The number of ether oxygens (including phenoxy) is 1. The van der Waals surface area contributed by atoms with Gasteiger partial charge in [-0.25, -0.2) is 4.39 Å². The van der Waals surface area contributed by atoms with E-state index >= 15 is 0 Å². The molecule has 2 aliphatic rings. The van der Waals surface area contributed by atoms with Crippen LogP contribution in [0.25, 0.3) is 6.08 Å². The van der Waals surface area contributed by atoms with E-state index in [4.69, 9.17) is 10.00 Å². The number of nitriles is 1. The minimum atomic E-state index is -4.80. The number of β-amino-alcohol motifs (C(OH)–C–C–N with tert-alkyl or cyclic N) is 1. The molecular weight excluding hydrogens is 462 g/mol. The number of nitrogens with zero attached hydrogens (tertiary/aromatic N) is 3. The van der Waals surface area contributed by atoms with E-state index in [-0.39, 0.29) is 10.5 Å². The molecule has 0 radical (unpaired) electrons. The SMILES string of the molecule is N#Cc1ccc(Oc2ccc(C=C3SC(N4CCC(O)C4)=NC3=O)cc2F)c(C(F)(F)F)c1. The van der Waals surface area contributed by atoms with Crippen LogP contribution in [0.15, 0.2) is 46.3 Å². The molecule has 1 atom stereocenters. The predicted octanol–water partition coefficient (Wildman–Crippen LogP) is 4.55. The molecule has 0 aliphatic carbocycles. The van der Waals surface area contributed by atoms with Crippen LogP contribution in [0.5, 0.6) is 11.5 Å². The number of aliphatic imine (C=N–C) groups is 1. The van der Waals surface area contributed by atoms with E-state index in [0.717, 1.165) is 36.0 Å². The second-order valence-electron chi connectivity index (χ2n) is 7.31. The minimum absolute atomic E-state index is 0.208. The third-order valence-electron chi connectivity index (χ3n) is 4.93. The van der Waals surface area contributed by atoms with E-state index < -0.39 is 41.1 Å². The van der Waals surface area contributed by atoms with Crippen LogP contribution in [0.2, 0.25) is 0 Å². The number of hydrogen-bond acceptors (Lipinski definition) is 6. The fourth-order valence-electron chi connectivity index (χ4n) is 3.32. The number of benzene rings is 2. The summed E-state index contributed by atoms with van der Waals surface area (Å²) >= 11 is 1.11. The van der Waals surface area contributed by atoms with Gasteiger partial charge in [0.05, 0.1) is 28.2 Å². The third kappa shape index (κ3) is 5.02. The van der Waals surface area contributed by atoms with Crippen LogP contribution in [0.3, 0.4) is 0 Å². The molecule has 4 rings (SSSR count). The molecule has 0 aromatic heterocycles. The maximum atomic E-state index is 14.6. The Kier molecular flexibility index (Phi) is 6.14. The average molecular weight is 477 g/mol. The number of rotatable bonds is 3. The van der Waals surface area contributed by atoms with E-state index in [0.29, 0.717) is 36.3 Å². The Balaban J connectivity index is 1.53. The summed E-state index contributed by atoms with van der Waals surface area (Å²) in [5.74, 6) is -2.51. The lowest BCUT2D eigenvalue weighted by molar-refractivity contribution is -0.138. The van der Waals surface area contributed by atoms with Gasteiger partial charge in [0.25, 0.3) is 5.91 Å². The van der Waals surface area contributed by atoms with Gasteiger partial charge < -0.3 is 14.7 Å². The Bertz CT molecular complexity index is 1220. The lowest BCUT2D eigenvalue weighted by Gasteiger charge is -2.15. The second-order valence-corrected chi connectivity index (χ2v) is 8.32. The molecule has 2 aliphatic heterocycles. The zero-order valence-corrected chi connectivity index (χ0v) is 17.6. The Hall–Kier alpha value is -3.36. The molecule has 0 saturated carbocycles. The zero-order chi connectivity index (χ0) is 23.8. The Labute approximate surface area is 189 Å². The molecule has 2 aromatic carbocycles. The van der Waals surface area contributed by atoms with Gasteiger partial charge in [0.2, 0.25) is 0 Å². The molecule has 1 fully saturated rings. The summed E-state index contributed by atoms with van der Waals surface area (Å²) < 4.78 is 59.7. The van der Waals surface area contributed by atoms with Crippen LogP contribution in [0.1, 0.15) is 23.1 Å². The first-order valence-electron chi connectivity index (χ1n) is 9.68. The van der Waals surface area contributed by atoms with Crippen molar-refractivity contribution in [3.05, 3.63) is 63.8 Å². The van der Waals surface area contributed by atoms with Crippen molar-refractivity contribution < 1.29 is 32.2 Å². The first kappa shape index (κ1) is 22.8. The van der Waals surface area contributed by atoms with E-state index in [9.17, 15) is 27.5 Å². The van der Waals surface area contributed by atoms with Crippen LogP contribution in [-0.4, -0.2) is 40.3 Å². The Morgan fingerprint density at radius 2 is 2.00 bits per heavy atom. The van der Waals surface area contributed by atoms with E-state index in [1.165, 1.54) is 12.1 Å². The van der Waals surface area contributed by atoms with E-state index in [2.05, 4.69) is 4.99 Å². The maximum absolute atomic E-state index is 14.6. The molecular formula is C22H15F4N3O3S. The number of aliphatic hydroxyl groups excluding tert-OH is 1. The predicted molar refractivity (Wildman–Crippen MR) is 113 cm³/mol. The van der Waals surface area contributed by atoms with Crippen LogP contribution >= 0.6 is 11.8 Å². The van der Waals surface area contributed by atoms with Gasteiger partial charge in [-0.3, -0.25) is 4.79 Å². The second kappa shape index (κ2) is 8.88.